The van der Waals surface area contributed by atoms with E-state index < -0.39 is 30.4 Å². The second-order valence-electron chi connectivity index (χ2n) is 24.1. The lowest BCUT2D eigenvalue weighted by Crippen LogP contribution is -2.47. The van der Waals surface area contributed by atoms with Gasteiger partial charge in [-0.2, -0.15) is 0 Å². The summed E-state index contributed by atoms with van der Waals surface area (Å²) in [5, 5.41) is 0. The first kappa shape index (κ1) is 74.6. The monoisotopic (exact) mass is 1110 g/mol. The number of rotatable bonds is 61. The van der Waals surface area contributed by atoms with Gasteiger partial charge in [-0.1, -0.05) is 310 Å². The molecule has 0 amide bonds. The van der Waals surface area contributed by atoms with Crippen LogP contribution in [0, 0.1) is 0 Å². The molecule has 464 valence electrons. The number of allylic oxidation sites excluding steroid dienone is 2. The minimum Gasteiger partial charge on any atom is -0.462 e. The molecule has 9 heteroatoms. The third-order valence-corrected chi connectivity index (χ3v) is 16.3. The van der Waals surface area contributed by atoms with Gasteiger partial charge in [0, 0.05) is 25.7 Å². The summed E-state index contributed by atoms with van der Waals surface area (Å²) >= 11 is 0. The van der Waals surface area contributed by atoms with Crippen LogP contribution in [-0.2, 0) is 42.9 Å². The molecule has 79 heavy (non-hydrogen) atoms. The van der Waals surface area contributed by atoms with Crippen molar-refractivity contribution in [3.63, 3.8) is 0 Å². The summed E-state index contributed by atoms with van der Waals surface area (Å²) in [6, 6.07) is 0. The van der Waals surface area contributed by atoms with Crippen molar-refractivity contribution in [2.45, 2.75) is 399 Å². The van der Waals surface area contributed by atoms with Crippen molar-refractivity contribution < 1.29 is 42.9 Å². The molecule has 0 aromatic rings. The Balaban J connectivity index is 2.84. The van der Waals surface area contributed by atoms with Gasteiger partial charge in [-0.25, -0.2) is 0 Å². The topological polar surface area (TPSA) is 114 Å². The molecule has 1 saturated heterocycles. The Morgan fingerprint density at radius 2 is 0.633 bits per heavy atom. The maximum Gasteiger partial charge on any atom is 0.306 e. The molecular formula is C70H130O9. The van der Waals surface area contributed by atoms with E-state index >= 15 is 0 Å². The number of carbonyl (C=O) groups excluding carboxylic acids is 4. The summed E-state index contributed by atoms with van der Waals surface area (Å²) in [4.78, 5) is 53.8. The molecule has 0 aromatic heterocycles. The molecule has 1 fully saturated rings. The van der Waals surface area contributed by atoms with Gasteiger partial charge in [-0.3, -0.25) is 19.2 Å². The Morgan fingerprint density at radius 1 is 0.354 bits per heavy atom. The number of hydrogen-bond donors (Lipinski definition) is 0. The molecule has 0 aromatic carbocycles. The van der Waals surface area contributed by atoms with Gasteiger partial charge in [0.1, 0.15) is 12.7 Å². The highest BCUT2D eigenvalue weighted by atomic mass is 16.7. The quantitative estimate of drug-likeness (QED) is 0.0254. The number of carbonyl (C=O) groups is 4. The van der Waals surface area contributed by atoms with Gasteiger partial charge in [-0.05, 0) is 51.4 Å². The number of esters is 4. The van der Waals surface area contributed by atoms with E-state index in [1.165, 1.54) is 218 Å². The zero-order valence-electron chi connectivity index (χ0n) is 52.7. The molecule has 1 heterocycles. The van der Waals surface area contributed by atoms with Gasteiger partial charge in [0.15, 0.2) is 18.3 Å². The molecule has 0 radical (unpaired) electrons. The van der Waals surface area contributed by atoms with Crippen molar-refractivity contribution in [2.75, 3.05) is 13.2 Å². The van der Waals surface area contributed by atoms with Gasteiger partial charge >= 0.3 is 23.9 Å². The van der Waals surface area contributed by atoms with E-state index in [0.29, 0.717) is 12.8 Å². The Labute approximate surface area is 488 Å². The molecule has 0 aliphatic carbocycles. The SMILES string of the molecule is CCCCCCCCC=CCCCCCCCC(=O)OC[C@@H](OC(=O)CCCCCCCCCCC)[C@H]1OC[C@H](OC(=O)CCCCCCCCCCCCCCCCC)[C@H]1OC(=O)CCCCCCCCCCCCCCC. The Morgan fingerprint density at radius 3 is 0.975 bits per heavy atom. The fourth-order valence-corrected chi connectivity index (χ4v) is 11.1. The zero-order chi connectivity index (χ0) is 57.2. The van der Waals surface area contributed by atoms with Crippen LogP contribution in [0.25, 0.3) is 0 Å². The molecule has 1 aliphatic heterocycles. The molecule has 0 saturated carbocycles. The number of hydrogen-bond acceptors (Lipinski definition) is 9. The highest BCUT2D eigenvalue weighted by molar-refractivity contribution is 5.71. The fraction of sp³-hybridized carbons (Fsp3) is 0.914. The van der Waals surface area contributed by atoms with Crippen molar-refractivity contribution in [1.82, 2.24) is 0 Å². The maximum atomic E-state index is 13.6. The molecule has 9 nitrogen and oxygen atoms in total. The molecule has 0 bridgehead atoms. The van der Waals surface area contributed by atoms with E-state index in [2.05, 4.69) is 39.8 Å². The van der Waals surface area contributed by atoms with Crippen molar-refractivity contribution >= 4 is 23.9 Å². The van der Waals surface area contributed by atoms with Crippen LogP contribution in [0.5, 0.6) is 0 Å². The van der Waals surface area contributed by atoms with Crippen LogP contribution in [0.3, 0.4) is 0 Å². The van der Waals surface area contributed by atoms with E-state index in [4.69, 9.17) is 23.7 Å². The predicted octanol–water partition coefficient (Wildman–Crippen LogP) is 21.4. The number of ether oxygens (including phenoxy) is 5. The lowest BCUT2D eigenvalue weighted by molar-refractivity contribution is -0.179. The first-order valence-electron chi connectivity index (χ1n) is 34.9. The normalized spacial score (nSPS) is 15.7. The van der Waals surface area contributed by atoms with Gasteiger partial charge in [-0.15, -0.1) is 0 Å². The Kier molecular flexibility index (Phi) is 55.5. The summed E-state index contributed by atoms with van der Waals surface area (Å²) in [6.45, 7) is 8.81. The van der Waals surface area contributed by atoms with E-state index in [-0.39, 0.29) is 56.8 Å². The standard InChI is InChI=1S/C70H130O9/c1-5-9-13-17-21-25-28-31-33-36-38-42-45-49-53-57-65(71)75-61-63(77-66(72)58-54-50-46-41-24-20-16-12-8-4)69-70(79-68(74)60-56-52-48-44-39-35-30-27-23-19-15-11-7-3)64(62-76-69)78-67(73)59-55-51-47-43-40-37-34-32-29-26-22-18-14-10-6-2/h31,33,63-64,69-70H,5-30,32,34-62H2,1-4H3/t63-,64+,69-,70-/m1/s1. The molecular weight excluding hydrogens is 985 g/mol. The minimum atomic E-state index is -1.02. The highest BCUT2D eigenvalue weighted by Gasteiger charge is 2.48. The third kappa shape index (κ3) is 48.8. The van der Waals surface area contributed by atoms with Crippen LogP contribution in [0.4, 0.5) is 0 Å². The molecule has 1 aliphatic rings. The number of unbranched alkanes of at least 4 members (excludes halogenated alkanes) is 45. The average molecular weight is 1120 g/mol. The van der Waals surface area contributed by atoms with Crippen molar-refractivity contribution in [2.24, 2.45) is 0 Å². The zero-order valence-corrected chi connectivity index (χ0v) is 52.7. The summed E-state index contributed by atoms with van der Waals surface area (Å²) in [7, 11) is 0. The first-order chi connectivity index (χ1) is 38.9. The van der Waals surface area contributed by atoms with Crippen molar-refractivity contribution in [1.29, 1.82) is 0 Å². The van der Waals surface area contributed by atoms with E-state index in [1.54, 1.807) is 0 Å². The van der Waals surface area contributed by atoms with Crippen molar-refractivity contribution in [3.8, 4) is 0 Å². The molecule has 0 unspecified atom stereocenters. The van der Waals surface area contributed by atoms with Crippen LogP contribution in [-0.4, -0.2) is 61.5 Å². The second kappa shape index (κ2) is 58.8. The summed E-state index contributed by atoms with van der Waals surface area (Å²) < 4.78 is 30.5. The first-order valence-corrected chi connectivity index (χ1v) is 34.9. The lowest BCUT2D eigenvalue weighted by atomic mass is 10.0. The van der Waals surface area contributed by atoms with E-state index in [9.17, 15) is 19.2 Å². The maximum absolute atomic E-state index is 13.6. The van der Waals surface area contributed by atoms with Crippen LogP contribution >= 0.6 is 0 Å². The minimum absolute atomic E-state index is 0.00111. The Hall–Kier alpha value is -2.42. The van der Waals surface area contributed by atoms with Crippen LogP contribution in [0.15, 0.2) is 12.2 Å². The molecule has 0 N–H and O–H groups in total. The van der Waals surface area contributed by atoms with E-state index in [1.807, 2.05) is 0 Å². The van der Waals surface area contributed by atoms with Crippen LogP contribution < -0.4 is 0 Å². The summed E-state index contributed by atoms with van der Waals surface area (Å²) in [5.74, 6) is -1.46. The molecule has 4 atom stereocenters. The summed E-state index contributed by atoms with van der Waals surface area (Å²) in [5.41, 5.74) is 0. The van der Waals surface area contributed by atoms with Crippen LogP contribution in [0.1, 0.15) is 374 Å². The smallest absolute Gasteiger partial charge is 0.306 e. The predicted molar refractivity (Wildman–Crippen MR) is 331 cm³/mol. The average Bonchev–Trinajstić information content (AvgIpc) is 3.95. The van der Waals surface area contributed by atoms with Gasteiger partial charge in [0.2, 0.25) is 0 Å². The molecule has 0 spiro atoms. The van der Waals surface area contributed by atoms with Crippen molar-refractivity contribution in [3.05, 3.63) is 12.2 Å². The second-order valence-corrected chi connectivity index (χ2v) is 24.1. The summed E-state index contributed by atoms with van der Waals surface area (Å²) in [6.07, 6.45) is 61.9. The van der Waals surface area contributed by atoms with Crippen LogP contribution in [0.2, 0.25) is 0 Å². The third-order valence-electron chi connectivity index (χ3n) is 16.3. The lowest BCUT2D eigenvalue weighted by Gasteiger charge is -2.28. The fourth-order valence-electron chi connectivity index (χ4n) is 11.1. The highest BCUT2D eigenvalue weighted by Crippen LogP contribution is 2.28. The van der Waals surface area contributed by atoms with Gasteiger partial charge in [0.05, 0.1) is 6.61 Å². The largest absolute Gasteiger partial charge is 0.462 e. The molecule has 1 rings (SSSR count). The van der Waals surface area contributed by atoms with Gasteiger partial charge in [0.25, 0.3) is 0 Å². The van der Waals surface area contributed by atoms with Gasteiger partial charge < -0.3 is 23.7 Å². The van der Waals surface area contributed by atoms with E-state index in [0.717, 1.165) is 89.9 Å². The Bertz CT molecular complexity index is 1380.